The van der Waals surface area contributed by atoms with Crippen LogP contribution in [0.2, 0.25) is 0 Å². The molecule has 0 radical (unpaired) electrons. The first-order valence-electron chi connectivity index (χ1n) is 6.46. The Hall–Kier alpha value is -2.55. The molecule has 3 nitrogen and oxygen atoms in total. The van der Waals surface area contributed by atoms with Gasteiger partial charge in [0.25, 0.3) is 0 Å². The van der Waals surface area contributed by atoms with E-state index in [4.69, 9.17) is 9.47 Å². The highest BCUT2D eigenvalue weighted by atomic mass is 16.5. The van der Waals surface area contributed by atoms with E-state index in [-0.39, 0.29) is 0 Å². The zero-order valence-corrected chi connectivity index (χ0v) is 11.2. The molecule has 20 heavy (non-hydrogen) atoms. The lowest BCUT2D eigenvalue weighted by atomic mass is 10.2. The summed E-state index contributed by atoms with van der Waals surface area (Å²) in [5.74, 6) is 1.67. The summed E-state index contributed by atoms with van der Waals surface area (Å²) in [4.78, 5) is 4.29. The van der Waals surface area contributed by atoms with Gasteiger partial charge in [-0.2, -0.15) is 0 Å². The number of benzene rings is 2. The molecule has 3 aromatic rings. The van der Waals surface area contributed by atoms with E-state index in [9.17, 15) is 0 Å². The minimum Gasteiger partial charge on any atom is -0.496 e. The molecule has 0 aliphatic rings. The molecule has 0 N–H and O–H groups in total. The summed E-state index contributed by atoms with van der Waals surface area (Å²) in [6.07, 6.45) is 1.79. The highest BCUT2D eigenvalue weighted by Crippen LogP contribution is 2.22. The van der Waals surface area contributed by atoms with E-state index in [0.29, 0.717) is 6.61 Å². The predicted octanol–water partition coefficient (Wildman–Crippen LogP) is 3.82. The molecule has 100 valence electrons. The molecule has 0 saturated carbocycles. The van der Waals surface area contributed by atoms with Crippen molar-refractivity contribution in [1.82, 2.24) is 4.98 Å². The largest absolute Gasteiger partial charge is 0.496 e. The number of hydrogen-bond donors (Lipinski definition) is 0. The number of nitrogens with zero attached hydrogens (tertiary/aromatic N) is 1. The monoisotopic (exact) mass is 265 g/mol. The molecule has 0 aliphatic heterocycles. The molecule has 0 aliphatic carbocycles. The number of pyridine rings is 1. The number of aromatic nitrogens is 1. The summed E-state index contributed by atoms with van der Waals surface area (Å²) < 4.78 is 11.1. The fraction of sp³-hybridized carbons (Fsp3) is 0.118. The lowest BCUT2D eigenvalue weighted by Crippen LogP contribution is -1.98. The minimum absolute atomic E-state index is 0.482. The first-order valence-corrected chi connectivity index (χ1v) is 6.46. The van der Waals surface area contributed by atoms with Gasteiger partial charge in [0.2, 0.25) is 0 Å². The summed E-state index contributed by atoms with van der Waals surface area (Å²) >= 11 is 0. The van der Waals surface area contributed by atoms with Crippen molar-refractivity contribution in [3.8, 4) is 11.5 Å². The van der Waals surface area contributed by atoms with Crippen LogP contribution in [0.1, 0.15) is 5.56 Å². The Kier molecular flexibility index (Phi) is 3.50. The van der Waals surface area contributed by atoms with Crippen molar-refractivity contribution >= 4 is 10.9 Å². The molecule has 0 bridgehead atoms. The summed E-state index contributed by atoms with van der Waals surface area (Å²) in [6, 6.07) is 17.7. The van der Waals surface area contributed by atoms with E-state index in [0.717, 1.165) is 28.0 Å². The number of para-hydroxylation sites is 1. The van der Waals surface area contributed by atoms with Crippen LogP contribution in [0.3, 0.4) is 0 Å². The number of methoxy groups -OCH3 is 1. The number of fused-ring (bicyclic) bond motifs is 1. The van der Waals surface area contributed by atoms with Crippen molar-refractivity contribution in [2.75, 3.05) is 7.11 Å². The van der Waals surface area contributed by atoms with Gasteiger partial charge in [0, 0.05) is 17.1 Å². The molecule has 0 amide bonds. The molecular formula is C17H15NO2. The van der Waals surface area contributed by atoms with Crippen molar-refractivity contribution < 1.29 is 9.47 Å². The standard InChI is InChI=1S/C17H15NO2/c1-19-17-7-3-2-5-14(17)12-20-15-8-9-16-13(11-15)6-4-10-18-16/h2-11H,12H2,1H3. The first-order chi connectivity index (χ1) is 9.86. The molecule has 2 aromatic carbocycles. The Labute approximate surface area is 117 Å². The second-order valence-corrected chi connectivity index (χ2v) is 4.46. The molecular weight excluding hydrogens is 250 g/mol. The van der Waals surface area contributed by atoms with Crippen LogP contribution in [0.25, 0.3) is 10.9 Å². The van der Waals surface area contributed by atoms with Gasteiger partial charge in [-0.3, -0.25) is 4.98 Å². The van der Waals surface area contributed by atoms with Crippen molar-refractivity contribution in [2.24, 2.45) is 0 Å². The first kappa shape index (κ1) is 12.5. The van der Waals surface area contributed by atoms with Gasteiger partial charge in [0.1, 0.15) is 18.1 Å². The fourth-order valence-electron chi connectivity index (χ4n) is 2.13. The highest BCUT2D eigenvalue weighted by molar-refractivity contribution is 5.79. The van der Waals surface area contributed by atoms with Crippen LogP contribution in [0, 0.1) is 0 Å². The summed E-state index contributed by atoms with van der Waals surface area (Å²) in [5.41, 5.74) is 2.00. The molecule has 1 aromatic heterocycles. The third-order valence-electron chi connectivity index (χ3n) is 3.16. The van der Waals surface area contributed by atoms with Crippen LogP contribution in [-0.4, -0.2) is 12.1 Å². The van der Waals surface area contributed by atoms with Gasteiger partial charge in [-0.15, -0.1) is 0 Å². The van der Waals surface area contributed by atoms with Gasteiger partial charge >= 0.3 is 0 Å². The Morgan fingerprint density at radius 2 is 1.90 bits per heavy atom. The van der Waals surface area contributed by atoms with Gasteiger partial charge in [-0.05, 0) is 30.3 Å². The van der Waals surface area contributed by atoms with E-state index in [2.05, 4.69) is 4.98 Å². The molecule has 0 fully saturated rings. The summed E-state index contributed by atoms with van der Waals surface area (Å²) in [6.45, 7) is 0.482. The number of hydrogen-bond acceptors (Lipinski definition) is 3. The Morgan fingerprint density at radius 1 is 1.00 bits per heavy atom. The SMILES string of the molecule is COc1ccccc1COc1ccc2ncccc2c1. The second kappa shape index (κ2) is 5.61. The van der Waals surface area contributed by atoms with Crippen molar-refractivity contribution in [3.63, 3.8) is 0 Å². The Morgan fingerprint density at radius 3 is 2.80 bits per heavy atom. The van der Waals surface area contributed by atoms with Gasteiger partial charge in [0.15, 0.2) is 0 Å². The van der Waals surface area contributed by atoms with E-state index < -0.39 is 0 Å². The lowest BCUT2D eigenvalue weighted by Gasteiger charge is -2.10. The quantitative estimate of drug-likeness (QED) is 0.718. The van der Waals surface area contributed by atoms with Crippen molar-refractivity contribution in [3.05, 3.63) is 66.4 Å². The van der Waals surface area contributed by atoms with Crippen LogP contribution >= 0.6 is 0 Å². The Bertz CT molecular complexity index is 725. The lowest BCUT2D eigenvalue weighted by molar-refractivity contribution is 0.297. The van der Waals surface area contributed by atoms with Gasteiger partial charge in [-0.25, -0.2) is 0 Å². The average Bonchev–Trinajstić information content (AvgIpc) is 2.53. The molecule has 3 rings (SSSR count). The Balaban J connectivity index is 1.79. The number of ether oxygens (including phenoxy) is 2. The van der Waals surface area contributed by atoms with E-state index in [1.54, 1.807) is 13.3 Å². The normalized spacial score (nSPS) is 10.4. The molecule has 0 atom stereocenters. The zero-order chi connectivity index (χ0) is 13.8. The zero-order valence-electron chi connectivity index (χ0n) is 11.2. The predicted molar refractivity (Wildman–Crippen MR) is 79.1 cm³/mol. The average molecular weight is 265 g/mol. The third-order valence-corrected chi connectivity index (χ3v) is 3.16. The maximum Gasteiger partial charge on any atom is 0.125 e. The van der Waals surface area contributed by atoms with Gasteiger partial charge < -0.3 is 9.47 Å². The van der Waals surface area contributed by atoms with Crippen molar-refractivity contribution in [1.29, 1.82) is 0 Å². The van der Waals surface area contributed by atoms with Crippen LogP contribution in [0.5, 0.6) is 11.5 Å². The topological polar surface area (TPSA) is 31.4 Å². The smallest absolute Gasteiger partial charge is 0.125 e. The van der Waals surface area contributed by atoms with Crippen LogP contribution in [0.4, 0.5) is 0 Å². The molecule has 0 spiro atoms. The second-order valence-electron chi connectivity index (χ2n) is 4.46. The maximum atomic E-state index is 5.83. The van der Waals surface area contributed by atoms with Gasteiger partial charge in [0.05, 0.1) is 12.6 Å². The fourth-order valence-corrected chi connectivity index (χ4v) is 2.13. The van der Waals surface area contributed by atoms with Crippen LogP contribution < -0.4 is 9.47 Å². The molecule has 3 heteroatoms. The summed E-state index contributed by atoms with van der Waals surface area (Å²) in [7, 11) is 1.67. The molecule has 0 saturated heterocycles. The molecule has 1 heterocycles. The van der Waals surface area contributed by atoms with Gasteiger partial charge in [-0.1, -0.05) is 24.3 Å². The third kappa shape index (κ3) is 2.57. The van der Waals surface area contributed by atoms with Crippen molar-refractivity contribution in [2.45, 2.75) is 6.61 Å². The van der Waals surface area contributed by atoms with Crippen LogP contribution in [-0.2, 0) is 6.61 Å². The van der Waals surface area contributed by atoms with E-state index in [1.807, 2.05) is 54.6 Å². The molecule has 0 unspecified atom stereocenters. The minimum atomic E-state index is 0.482. The van der Waals surface area contributed by atoms with E-state index >= 15 is 0 Å². The van der Waals surface area contributed by atoms with E-state index in [1.165, 1.54) is 0 Å². The number of rotatable bonds is 4. The summed E-state index contributed by atoms with van der Waals surface area (Å²) in [5, 5.41) is 1.07. The highest BCUT2D eigenvalue weighted by Gasteiger charge is 2.03. The maximum absolute atomic E-state index is 5.83. The van der Waals surface area contributed by atoms with Crippen LogP contribution in [0.15, 0.2) is 60.8 Å².